The van der Waals surface area contributed by atoms with Crippen LogP contribution in [0.4, 0.5) is 0 Å². The average molecular weight is 352 g/mol. The van der Waals surface area contributed by atoms with Crippen LogP contribution >= 0.6 is 12.2 Å². The summed E-state index contributed by atoms with van der Waals surface area (Å²) in [5.41, 5.74) is 6.21. The van der Waals surface area contributed by atoms with Crippen molar-refractivity contribution in [3.8, 4) is 11.5 Å². The Morgan fingerprint density at radius 1 is 1.00 bits per heavy atom. The van der Waals surface area contributed by atoms with Gasteiger partial charge in [0.1, 0.15) is 0 Å². The van der Waals surface area contributed by atoms with E-state index in [4.69, 9.17) is 21.7 Å². The topological polar surface area (TPSA) is 42.5 Å². The van der Waals surface area contributed by atoms with Crippen LogP contribution in [0.5, 0.6) is 11.5 Å². The molecule has 1 aliphatic heterocycles. The maximum Gasteiger partial charge on any atom is 0.171 e. The van der Waals surface area contributed by atoms with Crippen LogP contribution in [0.2, 0.25) is 0 Å². The Hall–Kier alpha value is -2.53. The van der Waals surface area contributed by atoms with Crippen molar-refractivity contribution in [1.82, 2.24) is 10.6 Å². The van der Waals surface area contributed by atoms with Crippen molar-refractivity contribution in [2.45, 2.75) is 18.9 Å². The fourth-order valence-corrected chi connectivity index (χ4v) is 3.89. The van der Waals surface area contributed by atoms with Crippen molar-refractivity contribution in [3.63, 3.8) is 0 Å². The Labute approximate surface area is 152 Å². The van der Waals surface area contributed by atoms with E-state index in [-0.39, 0.29) is 6.04 Å². The first-order valence-corrected chi connectivity index (χ1v) is 8.73. The summed E-state index contributed by atoms with van der Waals surface area (Å²) in [6.07, 6.45) is 2.03. The minimum absolute atomic E-state index is 0.0388. The molecule has 4 nitrogen and oxygen atoms in total. The van der Waals surface area contributed by atoms with Crippen molar-refractivity contribution in [2.24, 2.45) is 0 Å². The van der Waals surface area contributed by atoms with Gasteiger partial charge in [-0.2, -0.15) is 0 Å². The van der Waals surface area contributed by atoms with Gasteiger partial charge in [0.2, 0.25) is 0 Å². The van der Waals surface area contributed by atoms with Crippen LogP contribution in [0.1, 0.15) is 29.2 Å². The monoisotopic (exact) mass is 352 g/mol. The Morgan fingerprint density at radius 3 is 2.60 bits per heavy atom. The molecule has 2 aliphatic rings. The molecule has 0 radical (unpaired) electrons. The van der Waals surface area contributed by atoms with Crippen molar-refractivity contribution in [1.29, 1.82) is 0 Å². The standard InChI is InChI=1S/C20H20N2O2S/c1-23-16-10-8-13(11-17(16)24-2)18-15-9-7-12-5-3-4-6-14(12)19(15)22-20(25)21-18/h3-6,8,10-11,18H,7,9H2,1-2H3,(H2,21,22,25)/t18-/m1/s1. The third-order valence-corrected chi connectivity index (χ3v) is 5.09. The minimum atomic E-state index is 0.0388. The molecule has 128 valence electrons. The molecule has 0 bridgehead atoms. The van der Waals surface area contributed by atoms with E-state index in [9.17, 15) is 0 Å². The number of rotatable bonds is 3. The van der Waals surface area contributed by atoms with E-state index in [1.54, 1.807) is 14.2 Å². The summed E-state index contributed by atoms with van der Waals surface area (Å²) in [5.74, 6) is 1.45. The predicted octanol–water partition coefficient (Wildman–Crippen LogP) is 3.58. The van der Waals surface area contributed by atoms with E-state index in [0.29, 0.717) is 5.11 Å². The zero-order valence-electron chi connectivity index (χ0n) is 14.3. The number of thiocarbonyl (C=S) groups is 1. The van der Waals surface area contributed by atoms with Crippen molar-refractivity contribution in [3.05, 3.63) is 64.7 Å². The van der Waals surface area contributed by atoms with Crippen molar-refractivity contribution < 1.29 is 9.47 Å². The van der Waals surface area contributed by atoms with Gasteiger partial charge in [-0.15, -0.1) is 0 Å². The molecule has 5 heteroatoms. The van der Waals surface area contributed by atoms with Gasteiger partial charge in [0, 0.05) is 11.3 Å². The number of aryl methyl sites for hydroxylation is 1. The lowest BCUT2D eigenvalue weighted by molar-refractivity contribution is 0.354. The summed E-state index contributed by atoms with van der Waals surface area (Å²) in [4.78, 5) is 0. The highest BCUT2D eigenvalue weighted by Gasteiger charge is 2.31. The SMILES string of the molecule is COc1ccc([C@H]2NC(=S)NC3=C2CCc2ccccc23)cc1OC. The Balaban J connectivity index is 1.82. The second kappa shape index (κ2) is 6.41. The third-order valence-electron chi connectivity index (χ3n) is 4.87. The van der Waals surface area contributed by atoms with Gasteiger partial charge < -0.3 is 20.1 Å². The van der Waals surface area contributed by atoms with Crippen LogP contribution < -0.4 is 20.1 Å². The second-order valence-electron chi connectivity index (χ2n) is 6.20. The lowest BCUT2D eigenvalue weighted by Crippen LogP contribution is -2.44. The van der Waals surface area contributed by atoms with E-state index >= 15 is 0 Å². The first kappa shape index (κ1) is 16.0. The van der Waals surface area contributed by atoms with Gasteiger partial charge >= 0.3 is 0 Å². The van der Waals surface area contributed by atoms with Gasteiger partial charge in [-0.3, -0.25) is 0 Å². The second-order valence-corrected chi connectivity index (χ2v) is 6.61. The molecule has 0 fully saturated rings. The number of fused-ring (bicyclic) bond motifs is 2. The molecule has 0 saturated heterocycles. The number of hydrogen-bond donors (Lipinski definition) is 2. The summed E-state index contributed by atoms with van der Waals surface area (Å²) in [6.45, 7) is 0. The third kappa shape index (κ3) is 2.74. The van der Waals surface area contributed by atoms with Gasteiger partial charge in [-0.25, -0.2) is 0 Å². The Bertz CT molecular complexity index is 876. The molecule has 1 heterocycles. The number of benzene rings is 2. The van der Waals surface area contributed by atoms with Crippen LogP contribution in [0.25, 0.3) is 5.70 Å². The van der Waals surface area contributed by atoms with Crippen LogP contribution in [0.15, 0.2) is 48.0 Å². The summed E-state index contributed by atoms with van der Waals surface area (Å²) < 4.78 is 10.8. The fourth-order valence-electron chi connectivity index (χ4n) is 3.67. The van der Waals surface area contributed by atoms with Crippen LogP contribution in [-0.4, -0.2) is 19.3 Å². The zero-order valence-corrected chi connectivity index (χ0v) is 15.1. The summed E-state index contributed by atoms with van der Waals surface area (Å²) in [5, 5.41) is 7.44. The molecular weight excluding hydrogens is 332 g/mol. The normalized spacial score (nSPS) is 18.6. The predicted molar refractivity (Wildman–Crippen MR) is 103 cm³/mol. The lowest BCUT2D eigenvalue weighted by atomic mass is 9.83. The van der Waals surface area contributed by atoms with E-state index in [0.717, 1.165) is 35.6 Å². The van der Waals surface area contributed by atoms with Crippen LogP contribution in [0, 0.1) is 0 Å². The van der Waals surface area contributed by atoms with E-state index in [2.05, 4.69) is 41.0 Å². The molecule has 2 aromatic carbocycles. The maximum atomic E-state index is 5.48. The molecule has 0 unspecified atom stereocenters. The highest BCUT2D eigenvalue weighted by molar-refractivity contribution is 7.80. The Morgan fingerprint density at radius 2 is 1.80 bits per heavy atom. The first-order valence-electron chi connectivity index (χ1n) is 8.32. The fraction of sp³-hybridized carbons (Fsp3) is 0.250. The van der Waals surface area contributed by atoms with E-state index in [1.807, 2.05) is 12.1 Å². The number of nitrogens with one attached hydrogen (secondary N) is 2. The molecule has 0 aromatic heterocycles. The maximum absolute atomic E-state index is 5.48. The molecule has 0 spiro atoms. The molecule has 4 rings (SSSR count). The lowest BCUT2D eigenvalue weighted by Gasteiger charge is -2.36. The van der Waals surface area contributed by atoms with Crippen molar-refractivity contribution in [2.75, 3.05) is 14.2 Å². The molecule has 0 saturated carbocycles. The first-order chi connectivity index (χ1) is 12.2. The molecular formula is C20H20N2O2S. The van der Waals surface area contributed by atoms with Gasteiger partial charge in [-0.1, -0.05) is 30.3 Å². The molecule has 0 amide bonds. The number of methoxy groups -OCH3 is 2. The van der Waals surface area contributed by atoms with Crippen molar-refractivity contribution >= 4 is 23.0 Å². The molecule has 1 atom stereocenters. The van der Waals surface area contributed by atoms with Crippen LogP contribution in [0.3, 0.4) is 0 Å². The average Bonchev–Trinajstić information content (AvgIpc) is 2.66. The molecule has 1 aliphatic carbocycles. The minimum Gasteiger partial charge on any atom is -0.493 e. The van der Waals surface area contributed by atoms with Gasteiger partial charge in [0.25, 0.3) is 0 Å². The highest BCUT2D eigenvalue weighted by atomic mass is 32.1. The van der Waals surface area contributed by atoms with Crippen LogP contribution in [-0.2, 0) is 6.42 Å². The Kier molecular flexibility index (Phi) is 4.09. The van der Waals surface area contributed by atoms with E-state index in [1.165, 1.54) is 16.7 Å². The smallest absolute Gasteiger partial charge is 0.171 e. The van der Waals surface area contributed by atoms with Gasteiger partial charge in [-0.05, 0) is 53.9 Å². The van der Waals surface area contributed by atoms with Gasteiger partial charge in [0.15, 0.2) is 16.6 Å². The summed E-state index contributed by atoms with van der Waals surface area (Å²) in [7, 11) is 3.30. The number of ether oxygens (including phenoxy) is 2. The zero-order chi connectivity index (χ0) is 17.4. The van der Waals surface area contributed by atoms with E-state index < -0.39 is 0 Å². The highest BCUT2D eigenvalue weighted by Crippen LogP contribution is 2.40. The molecule has 2 N–H and O–H groups in total. The quantitative estimate of drug-likeness (QED) is 0.827. The molecule has 2 aromatic rings. The summed E-state index contributed by atoms with van der Waals surface area (Å²) in [6, 6.07) is 14.6. The molecule has 25 heavy (non-hydrogen) atoms. The largest absolute Gasteiger partial charge is 0.493 e. The summed E-state index contributed by atoms with van der Waals surface area (Å²) >= 11 is 5.48. The van der Waals surface area contributed by atoms with Gasteiger partial charge in [0.05, 0.1) is 20.3 Å². The number of hydrogen-bond acceptors (Lipinski definition) is 3.